The van der Waals surface area contributed by atoms with Crippen molar-refractivity contribution in [3.63, 3.8) is 0 Å². The zero-order chi connectivity index (χ0) is 24.0. The van der Waals surface area contributed by atoms with Crippen LogP contribution < -0.4 is 10.9 Å². The Morgan fingerprint density at radius 2 is 1.21 bits per heavy atom. The summed E-state index contributed by atoms with van der Waals surface area (Å²) >= 11 is 0. The largest absolute Gasteiger partial charge is 0.290 e. The van der Waals surface area contributed by atoms with Gasteiger partial charge in [-0.25, -0.2) is 9.69 Å². The second-order valence-corrected chi connectivity index (χ2v) is 7.65. The van der Waals surface area contributed by atoms with E-state index in [0.29, 0.717) is 33.2 Å². The maximum atomic E-state index is 13.3. The van der Waals surface area contributed by atoms with Gasteiger partial charge < -0.3 is 0 Å². The standard InChI is InChI=1S/C28H10N4O2/c1-31-18-9-7-17(8-10-18)25-26(32-2)20-12-21-19(11-22(20)28(25)34)23(14-30)24(27(21)33)16-5-3-15(13-29)4-6-16/h3-12H. The van der Waals surface area contributed by atoms with Crippen molar-refractivity contribution in [2.24, 2.45) is 0 Å². The van der Waals surface area contributed by atoms with E-state index in [4.69, 9.17) is 18.4 Å². The highest BCUT2D eigenvalue weighted by atomic mass is 16.1. The third-order valence-corrected chi connectivity index (χ3v) is 5.92. The summed E-state index contributed by atoms with van der Waals surface area (Å²) in [7, 11) is 0. The molecule has 6 heteroatoms. The van der Waals surface area contributed by atoms with Crippen LogP contribution in [0.1, 0.15) is 11.1 Å². The second-order valence-electron chi connectivity index (χ2n) is 7.65. The molecule has 0 amide bonds. The summed E-state index contributed by atoms with van der Waals surface area (Å²) in [6, 6.07) is 19.9. The van der Waals surface area contributed by atoms with Gasteiger partial charge >= 0.3 is 0 Å². The van der Waals surface area contributed by atoms with E-state index in [0.717, 1.165) is 0 Å². The summed E-state index contributed by atoms with van der Waals surface area (Å²) in [5.41, 5.74) is 1.84. The lowest BCUT2D eigenvalue weighted by Crippen LogP contribution is -1.99. The van der Waals surface area contributed by atoms with Crippen molar-refractivity contribution in [3.05, 3.63) is 115 Å². The number of hydrogen-bond donors (Lipinski definition) is 0. The van der Waals surface area contributed by atoms with Crippen LogP contribution in [0.2, 0.25) is 0 Å². The summed E-state index contributed by atoms with van der Waals surface area (Å²) in [6.07, 6.45) is 0. The van der Waals surface area contributed by atoms with Crippen molar-refractivity contribution >= 4 is 32.9 Å². The highest BCUT2D eigenvalue weighted by Crippen LogP contribution is 2.40. The molecule has 0 aromatic heterocycles. The third kappa shape index (κ3) is 2.78. The fourth-order valence-corrected chi connectivity index (χ4v) is 4.33. The van der Waals surface area contributed by atoms with E-state index in [1.165, 1.54) is 12.1 Å². The number of nitrogens with zero attached hydrogens (tertiary/aromatic N) is 4. The van der Waals surface area contributed by atoms with Crippen molar-refractivity contribution in [2.45, 2.75) is 0 Å². The van der Waals surface area contributed by atoms with Gasteiger partial charge in [0.1, 0.15) is 6.07 Å². The van der Waals surface area contributed by atoms with Gasteiger partial charge in [-0.15, -0.1) is 0 Å². The Labute approximate surface area is 193 Å². The van der Waals surface area contributed by atoms with Gasteiger partial charge in [0.2, 0.25) is 5.69 Å². The minimum absolute atomic E-state index is 0.136. The molecule has 34 heavy (non-hydrogen) atoms. The van der Waals surface area contributed by atoms with Gasteiger partial charge in [0.25, 0.3) is 0 Å². The third-order valence-electron chi connectivity index (χ3n) is 5.92. The highest BCUT2D eigenvalue weighted by molar-refractivity contribution is 6.13. The SMILES string of the molecule is [C-]#[N+]c1ccc(-c2c([N+]#[C-])c3cc4c(=O)c(-c5ccc(C#N)cc5)c(C#N)c4cc3c2=O)cc1. The Morgan fingerprint density at radius 3 is 1.79 bits per heavy atom. The molecule has 6 nitrogen and oxygen atoms in total. The maximum absolute atomic E-state index is 13.3. The summed E-state index contributed by atoms with van der Waals surface area (Å²) in [6.45, 7) is 14.8. The minimum Gasteiger partial charge on any atom is -0.290 e. The van der Waals surface area contributed by atoms with Crippen LogP contribution in [0, 0.1) is 35.8 Å². The van der Waals surface area contributed by atoms with Crippen LogP contribution in [0.15, 0.2) is 70.3 Å². The van der Waals surface area contributed by atoms with Crippen LogP contribution in [0.4, 0.5) is 11.4 Å². The number of nitriles is 2. The molecule has 0 heterocycles. The van der Waals surface area contributed by atoms with Crippen LogP contribution >= 0.6 is 0 Å². The topological polar surface area (TPSA) is 90.4 Å². The summed E-state index contributed by atoms with van der Waals surface area (Å²) in [5.74, 6) is 0. The van der Waals surface area contributed by atoms with Crippen LogP contribution in [0.5, 0.6) is 0 Å². The van der Waals surface area contributed by atoms with E-state index in [-0.39, 0.29) is 44.0 Å². The molecular weight excluding hydrogens is 424 g/mol. The molecular formula is C28H10N4O2. The summed E-state index contributed by atoms with van der Waals surface area (Å²) in [4.78, 5) is 33.6. The van der Waals surface area contributed by atoms with E-state index in [2.05, 4.69) is 15.8 Å². The van der Waals surface area contributed by atoms with Gasteiger partial charge in [0.05, 0.1) is 30.3 Å². The molecule has 0 spiro atoms. The van der Waals surface area contributed by atoms with Crippen molar-refractivity contribution in [1.29, 1.82) is 10.5 Å². The fourth-order valence-electron chi connectivity index (χ4n) is 4.33. The van der Waals surface area contributed by atoms with Crippen molar-refractivity contribution < 1.29 is 0 Å². The Morgan fingerprint density at radius 1 is 0.647 bits per heavy atom. The van der Waals surface area contributed by atoms with Crippen molar-refractivity contribution in [1.82, 2.24) is 0 Å². The molecule has 5 rings (SSSR count). The molecule has 0 unspecified atom stereocenters. The first-order chi connectivity index (χ1) is 16.5. The smallest absolute Gasteiger partial charge is 0.206 e. The normalized spacial score (nSPS) is 10.5. The van der Waals surface area contributed by atoms with Crippen LogP contribution in [-0.4, -0.2) is 0 Å². The molecule has 5 aromatic carbocycles. The summed E-state index contributed by atoms with van der Waals surface area (Å²) < 4.78 is 0. The molecule has 0 atom stereocenters. The Bertz CT molecular complexity index is 1770. The van der Waals surface area contributed by atoms with E-state index >= 15 is 0 Å². The molecule has 0 radical (unpaired) electrons. The molecule has 0 N–H and O–H groups in total. The first kappa shape index (κ1) is 20.3. The van der Waals surface area contributed by atoms with E-state index < -0.39 is 0 Å². The Kier molecular flexibility index (Phi) is 4.51. The van der Waals surface area contributed by atoms with Crippen LogP contribution in [-0.2, 0) is 0 Å². The maximum Gasteiger partial charge on any atom is 0.206 e. The van der Waals surface area contributed by atoms with Crippen molar-refractivity contribution in [3.8, 4) is 34.4 Å². The second kappa shape index (κ2) is 7.54. The molecule has 154 valence electrons. The lowest BCUT2D eigenvalue weighted by molar-refractivity contribution is 1.48. The van der Waals surface area contributed by atoms with Gasteiger partial charge in [0, 0.05) is 27.3 Å². The van der Waals surface area contributed by atoms with Gasteiger partial charge in [-0.2, -0.15) is 10.5 Å². The summed E-state index contributed by atoms with van der Waals surface area (Å²) in [5, 5.41) is 20.1. The quantitative estimate of drug-likeness (QED) is 0.330. The molecule has 0 fully saturated rings. The molecule has 0 saturated heterocycles. The predicted molar refractivity (Wildman–Crippen MR) is 129 cm³/mol. The van der Waals surface area contributed by atoms with Crippen molar-refractivity contribution in [2.75, 3.05) is 0 Å². The van der Waals surface area contributed by atoms with Gasteiger partial charge in [-0.3, -0.25) is 9.59 Å². The average Bonchev–Trinajstić information content (AvgIpc) is 3.32. The predicted octanol–water partition coefficient (Wildman–Crippen LogP) is 5.77. The van der Waals surface area contributed by atoms with Crippen LogP contribution in [0.3, 0.4) is 0 Å². The minimum atomic E-state index is -0.370. The zero-order valence-corrected chi connectivity index (χ0v) is 17.4. The van der Waals surface area contributed by atoms with E-state index in [1.807, 2.05) is 6.07 Å². The van der Waals surface area contributed by atoms with Crippen LogP contribution in [0.25, 0.3) is 53.5 Å². The molecule has 5 aromatic rings. The Balaban J connectivity index is 1.83. The lowest BCUT2D eigenvalue weighted by atomic mass is 10.0. The van der Waals surface area contributed by atoms with Gasteiger partial charge in [-0.1, -0.05) is 42.5 Å². The number of fused-ring (bicyclic) bond motifs is 2. The molecule has 0 saturated carbocycles. The van der Waals surface area contributed by atoms with Gasteiger partial charge in [-0.05, 0) is 34.7 Å². The Hall–Kier alpha value is -5.56. The average molecular weight is 434 g/mol. The molecule has 0 bridgehead atoms. The van der Waals surface area contributed by atoms with Gasteiger partial charge in [0.15, 0.2) is 16.5 Å². The lowest BCUT2D eigenvalue weighted by Gasteiger charge is -1.99. The number of benzene rings is 3. The monoisotopic (exact) mass is 434 g/mol. The molecule has 0 aliphatic carbocycles. The number of rotatable bonds is 2. The zero-order valence-electron chi connectivity index (χ0n) is 17.4. The molecule has 0 aliphatic heterocycles. The molecule has 0 aliphatic rings. The van der Waals surface area contributed by atoms with E-state index in [1.54, 1.807) is 48.5 Å². The fraction of sp³-hybridized carbons (Fsp3) is 0. The first-order valence-corrected chi connectivity index (χ1v) is 10.0. The number of hydrogen-bond acceptors (Lipinski definition) is 4. The van der Waals surface area contributed by atoms with E-state index in [9.17, 15) is 14.9 Å². The highest BCUT2D eigenvalue weighted by Gasteiger charge is 2.24. The first-order valence-electron chi connectivity index (χ1n) is 10.0.